The molecule has 0 saturated heterocycles. The van der Waals surface area contributed by atoms with Gasteiger partial charge in [-0.1, -0.05) is 19.1 Å². The number of hydrogen-bond acceptors (Lipinski definition) is 5. The molecular weight excluding hydrogens is 265 g/mol. The number of hydrogen-bond donors (Lipinski definition) is 5. The zero-order chi connectivity index (χ0) is 15.3. The molecule has 0 aliphatic carbocycles. The standard InChI is InChI=1S/C12H16BNO6/c1-2-10(15)14-9(13(19)20)6-7-4-3-5-8(11(7)16)12(17)18/h3-5,9,16,19-20H,2,6H2,1H3,(H,14,15)(H,17,18). The lowest BCUT2D eigenvalue weighted by atomic mass is 9.75. The largest absolute Gasteiger partial charge is 0.507 e. The molecule has 8 heteroatoms. The number of carboxylic acid groups (broad SMARTS) is 1. The average Bonchev–Trinajstić information content (AvgIpc) is 2.39. The predicted molar refractivity (Wildman–Crippen MR) is 71.2 cm³/mol. The van der Waals surface area contributed by atoms with Crippen molar-refractivity contribution in [2.24, 2.45) is 0 Å². The summed E-state index contributed by atoms with van der Waals surface area (Å²) in [7, 11) is -1.82. The molecule has 0 saturated carbocycles. The van der Waals surface area contributed by atoms with Gasteiger partial charge < -0.3 is 25.6 Å². The molecular formula is C12H16BNO6. The molecule has 7 nitrogen and oxygen atoms in total. The van der Waals surface area contributed by atoms with E-state index in [9.17, 15) is 24.7 Å². The van der Waals surface area contributed by atoms with Crippen molar-refractivity contribution in [3.05, 3.63) is 29.3 Å². The molecule has 0 fully saturated rings. The lowest BCUT2D eigenvalue weighted by Gasteiger charge is -2.18. The van der Waals surface area contributed by atoms with E-state index in [1.807, 2.05) is 0 Å². The third-order valence-electron chi connectivity index (χ3n) is 2.82. The Balaban J connectivity index is 2.97. The number of aromatic carboxylic acids is 1. The highest BCUT2D eigenvalue weighted by molar-refractivity contribution is 6.43. The molecule has 0 bridgehead atoms. The summed E-state index contributed by atoms with van der Waals surface area (Å²) in [5.41, 5.74) is -0.0742. The third-order valence-corrected chi connectivity index (χ3v) is 2.82. The maximum atomic E-state index is 11.3. The van der Waals surface area contributed by atoms with Crippen molar-refractivity contribution in [1.82, 2.24) is 5.32 Å². The van der Waals surface area contributed by atoms with Gasteiger partial charge >= 0.3 is 13.1 Å². The van der Waals surface area contributed by atoms with Gasteiger partial charge in [-0.25, -0.2) is 4.79 Å². The smallest absolute Gasteiger partial charge is 0.475 e. The van der Waals surface area contributed by atoms with E-state index in [0.29, 0.717) is 0 Å². The number of benzene rings is 1. The molecule has 0 radical (unpaired) electrons. The van der Waals surface area contributed by atoms with Crippen LogP contribution in [0.3, 0.4) is 0 Å². The maximum absolute atomic E-state index is 11.3. The quantitative estimate of drug-likeness (QED) is 0.449. The molecule has 1 amide bonds. The number of aromatic hydroxyl groups is 1. The summed E-state index contributed by atoms with van der Waals surface area (Å²) in [6.07, 6.45) is 0.0702. The summed E-state index contributed by atoms with van der Waals surface area (Å²) < 4.78 is 0. The topological polar surface area (TPSA) is 127 Å². The fourth-order valence-electron chi connectivity index (χ4n) is 1.71. The number of para-hydroxylation sites is 1. The van der Waals surface area contributed by atoms with Gasteiger partial charge in [0.1, 0.15) is 11.3 Å². The zero-order valence-electron chi connectivity index (χ0n) is 10.9. The van der Waals surface area contributed by atoms with Crippen LogP contribution in [0.25, 0.3) is 0 Å². The van der Waals surface area contributed by atoms with Crippen LogP contribution in [0.4, 0.5) is 0 Å². The Labute approximate surface area is 116 Å². The fourth-order valence-corrected chi connectivity index (χ4v) is 1.71. The van der Waals surface area contributed by atoms with E-state index in [1.165, 1.54) is 18.2 Å². The van der Waals surface area contributed by atoms with Crippen LogP contribution in [0.5, 0.6) is 5.75 Å². The number of amides is 1. The van der Waals surface area contributed by atoms with Gasteiger partial charge in [-0.2, -0.15) is 0 Å². The molecule has 1 aromatic carbocycles. The molecule has 0 heterocycles. The third kappa shape index (κ3) is 3.97. The number of carboxylic acids is 1. The first-order valence-electron chi connectivity index (χ1n) is 6.06. The number of phenols is 1. The van der Waals surface area contributed by atoms with Gasteiger partial charge in [-0.15, -0.1) is 0 Å². The molecule has 0 aliphatic rings. The Morgan fingerprint density at radius 3 is 2.50 bits per heavy atom. The molecule has 0 aliphatic heterocycles. The van der Waals surface area contributed by atoms with Crippen molar-refractivity contribution in [1.29, 1.82) is 0 Å². The second-order valence-electron chi connectivity index (χ2n) is 4.26. The van der Waals surface area contributed by atoms with Gasteiger partial charge in [-0.3, -0.25) is 4.79 Å². The number of carbonyl (C=O) groups excluding carboxylic acids is 1. The highest BCUT2D eigenvalue weighted by Gasteiger charge is 2.27. The maximum Gasteiger partial charge on any atom is 0.475 e. The lowest BCUT2D eigenvalue weighted by molar-refractivity contribution is -0.121. The Bertz CT molecular complexity index is 505. The van der Waals surface area contributed by atoms with Gasteiger partial charge in [0.15, 0.2) is 0 Å². The molecule has 1 unspecified atom stereocenters. The summed E-state index contributed by atoms with van der Waals surface area (Å²) >= 11 is 0. The van der Waals surface area contributed by atoms with E-state index < -0.39 is 24.8 Å². The Hall–Kier alpha value is -2.06. The van der Waals surface area contributed by atoms with Gasteiger partial charge in [0.05, 0.1) is 5.94 Å². The first kappa shape index (κ1) is 16.0. The monoisotopic (exact) mass is 281 g/mol. The summed E-state index contributed by atoms with van der Waals surface area (Å²) in [5.74, 6) is -3.14. The van der Waals surface area contributed by atoms with E-state index in [-0.39, 0.29) is 29.9 Å². The van der Waals surface area contributed by atoms with Crippen molar-refractivity contribution >= 4 is 19.0 Å². The highest BCUT2D eigenvalue weighted by Crippen LogP contribution is 2.23. The fraction of sp³-hybridized carbons (Fsp3) is 0.333. The average molecular weight is 281 g/mol. The molecule has 1 aromatic rings. The van der Waals surface area contributed by atoms with Gasteiger partial charge in [0.25, 0.3) is 0 Å². The molecule has 1 rings (SSSR count). The summed E-state index contributed by atoms with van der Waals surface area (Å²) in [6.45, 7) is 1.61. The van der Waals surface area contributed by atoms with Crippen LogP contribution >= 0.6 is 0 Å². The van der Waals surface area contributed by atoms with Crippen molar-refractivity contribution in [2.75, 3.05) is 0 Å². The van der Waals surface area contributed by atoms with Gasteiger partial charge in [-0.05, 0) is 18.1 Å². The number of rotatable bonds is 6. The van der Waals surface area contributed by atoms with E-state index in [1.54, 1.807) is 6.92 Å². The second-order valence-corrected chi connectivity index (χ2v) is 4.26. The normalized spacial score (nSPS) is 11.8. The van der Waals surface area contributed by atoms with Crippen molar-refractivity contribution in [3.8, 4) is 5.75 Å². The van der Waals surface area contributed by atoms with Crippen LogP contribution < -0.4 is 5.32 Å². The van der Waals surface area contributed by atoms with Crippen LogP contribution in [-0.4, -0.2) is 45.2 Å². The molecule has 1 atom stereocenters. The molecule has 0 aromatic heterocycles. The Kier molecular flexibility index (Phi) is 5.54. The van der Waals surface area contributed by atoms with Gasteiger partial charge in [0.2, 0.25) is 5.91 Å². The minimum Gasteiger partial charge on any atom is -0.507 e. The van der Waals surface area contributed by atoms with E-state index in [4.69, 9.17) is 5.11 Å². The predicted octanol–water partition coefficient (Wildman–Crippen LogP) is -0.460. The molecule has 108 valence electrons. The summed E-state index contributed by atoms with van der Waals surface area (Å²) in [5, 5.41) is 39.6. The SMILES string of the molecule is CCC(=O)NC(Cc1cccc(C(=O)O)c1O)B(O)O. The van der Waals surface area contributed by atoms with E-state index in [0.717, 1.165) is 0 Å². The number of carbonyl (C=O) groups is 2. The molecule has 0 spiro atoms. The first-order valence-corrected chi connectivity index (χ1v) is 6.06. The molecule has 20 heavy (non-hydrogen) atoms. The van der Waals surface area contributed by atoms with Crippen molar-refractivity contribution in [2.45, 2.75) is 25.7 Å². The van der Waals surface area contributed by atoms with Crippen LogP contribution in [-0.2, 0) is 11.2 Å². The lowest BCUT2D eigenvalue weighted by Crippen LogP contribution is -2.47. The van der Waals surface area contributed by atoms with Crippen molar-refractivity contribution in [3.63, 3.8) is 0 Å². The van der Waals surface area contributed by atoms with Crippen LogP contribution in [0.15, 0.2) is 18.2 Å². The van der Waals surface area contributed by atoms with Gasteiger partial charge in [0, 0.05) is 6.42 Å². The highest BCUT2D eigenvalue weighted by atomic mass is 16.4. The summed E-state index contributed by atoms with van der Waals surface area (Å²) in [6, 6.07) is 4.12. The Morgan fingerprint density at radius 1 is 1.35 bits per heavy atom. The second kappa shape index (κ2) is 6.92. The van der Waals surface area contributed by atoms with Crippen LogP contribution in [0.2, 0.25) is 0 Å². The first-order chi connectivity index (χ1) is 9.36. The minimum atomic E-state index is -1.82. The summed E-state index contributed by atoms with van der Waals surface area (Å²) in [4.78, 5) is 22.2. The zero-order valence-corrected chi connectivity index (χ0v) is 10.9. The molecule has 5 N–H and O–H groups in total. The van der Waals surface area contributed by atoms with E-state index in [2.05, 4.69) is 5.32 Å². The van der Waals surface area contributed by atoms with Crippen LogP contribution in [0.1, 0.15) is 29.3 Å². The van der Waals surface area contributed by atoms with Crippen LogP contribution in [0, 0.1) is 0 Å². The minimum absolute atomic E-state index is 0.101. The Morgan fingerprint density at radius 2 is 2.00 bits per heavy atom. The van der Waals surface area contributed by atoms with Crippen molar-refractivity contribution < 1.29 is 29.9 Å². The number of nitrogens with one attached hydrogen (secondary N) is 1. The van der Waals surface area contributed by atoms with E-state index >= 15 is 0 Å².